The van der Waals surface area contributed by atoms with E-state index in [9.17, 15) is 8.09 Å². The van der Waals surface area contributed by atoms with Crippen molar-refractivity contribution in [3.05, 3.63) is 0 Å². The van der Waals surface area contributed by atoms with Crippen molar-refractivity contribution >= 4 is 9.45 Å². The Kier molecular flexibility index (Phi) is 4.38. The van der Waals surface area contributed by atoms with Crippen molar-refractivity contribution in [1.29, 1.82) is 0 Å². The van der Waals surface area contributed by atoms with Gasteiger partial charge in [-0.1, -0.05) is 20.8 Å². The lowest BCUT2D eigenvalue weighted by atomic mass is 10.6. The van der Waals surface area contributed by atoms with Crippen molar-refractivity contribution in [3.8, 4) is 0 Å². The second-order valence-corrected chi connectivity index (χ2v) is 7.41. The van der Waals surface area contributed by atoms with Crippen LogP contribution < -0.4 is 0 Å². The molecule has 1 nitrogen and oxygen atoms in total. The number of halogens is 1. The topological polar surface area (TPSA) is 17.1 Å². The zero-order valence-electron chi connectivity index (χ0n) is 8.44. The van der Waals surface area contributed by atoms with E-state index in [0.717, 1.165) is 0 Å². The summed E-state index contributed by atoms with van der Waals surface area (Å²) in [5, 5.41) is 0. The van der Waals surface area contributed by atoms with Crippen molar-refractivity contribution in [1.82, 2.24) is 0 Å². The highest BCUT2D eigenvalue weighted by atomic mass is 32.3. The van der Waals surface area contributed by atoms with Gasteiger partial charge in [0.25, 0.3) is 0 Å². The van der Waals surface area contributed by atoms with Gasteiger partial charge in [0.2, 0.25) is 0 Å². The maximum absolute atomic E-state index is 14.0. The molecule has 0 saturated carbocycles. The van der Waals surface area contributed by atoms with Crippen LogP contribution in [0.3, 0.4) is 0 Å². The fourth-order valence-corrected chi connectivity index (χ4v) is 4.96. The lowest BCUT2D eigenvalue weighted by Gasteiger charge is -2.32. The molecule has 0 rings (SSSR count). The Balaban J connectivity index is 4.44. The second-order valence-electron chi connectivity index (χ2n) is 3.47. The molecule has 0 heterocycles. The van der Waals surface area contributed by atoms with Crippen LogP contribution in [0.15, 0.2) is 0 Å². The van der Waals surface area contributed by atoms with Crippen LogP contribution in [0.25, 0.3) is 0 Å². The molecule has 76 valence electrons. The van der Waals surface area contributed by atoms with Gasteiger partial charge in [0, 0.05) is 26.7 Å². The van der Waals surface area contributed by atoms with E-state index in [1.807, 2.05) is 20.8 Å². The fourth-order valence-electron chi connectivity index (χ4n) is 1.65. The Bertz CT molecular complexity index is 162. The molecule has 0 amide bonds. The fraction of sp³-hybridized carbons (Fsp3) is 1.00. The summed E-state index contributed by atoms with van der Waals surface area (Å²) in [4.78, 5) is 0. The molecule has 3 heteroatoms. The molecule has 0 unspecified atom stereocenters. The van der Waals surface area contributed by atoms with Crippen LogP contribution in [0.4, 0.5) is 3.89 Å². The van der Waals surface area contributed by atoms with Crippen LogP contribution in [-0.4, -0.2) is 21.5 Å². The van der Waals surface area contributed by atoms with E-state index in [1.165, 1.54) is 0 Å². The third-order valence-electron chi connectivity index (χ3n) is 1.96. The number of hydrogen-bond acceptors (Lipinski definition) is 1. The minimum atomic E-state index is -3.72. The lowest BCUT2D eigenvalue weighted by Crippen LogP contribution is -2.37. The van der Waals surface area contributed by atoms with Gasteiger partial charge >= 0.3 is 0 Å². The summed E-state index contributed by atoms with van der Waals surface area (Å²) in [6.45, 7) is 5.66. The molecule has 12 heavy (non-hydrogen) atoms. The van der Waals surface area contributed by atoms with E-state index in [2.05, 4.69) is 0 Å². The Morgan fingerprint density at radius 2 is 1.17 bits per heavy atom. The summed E-state index contributed by atoms with van der Waals surface area (Å²) in [6.07, 6.45) is 2.05. The zero-order chi connectivity index (χ0) is 9.69. The highest BCUT2D eigenvalue weighted by Gasteiger charge is 2.32. The van der Waals surface area contributed by atoms with E-state index >= 15 is 0 Å². The van der Waals surface area contributed by atoms with Crippen molar-refractivity contribution in [2.45, 2.75) is 40.0 Å². The third kappa shape index (κ3) is 3.65. The average Bonchev–Trinajstić information content (AvgIpc) is 1.86. The zero-order valence-corrected chi connectivity index (χ0v) is 9.25. The third-order valence-corrected chi connectivity index (χ3v) is 5.88. The predicted octanol–water partition coefficient (Wildman–Crippen LogP) is 2.92. The summed E-state index contributed by atoms with van der Waals surface area (Å²) in [5.74, 6) is 0.788. The SMILES string of the molecule is CCCS(=O)(F)(CCC)CCC. The Hall–Kier alpha value is 0.0800. The first-order valence-corrected chi connectivity index (χ1v) is 7.18. The Morgan fingerprint density at radius 3 is 1.33 bits per heavy atom. The van der Waals surface area contributed by atoms with Crippen LogP contribution in [0.2, 0.25) is 0 Å². The molecule has 0 radical (unpaired) electrons. The second kappa shape index (κ2) is 4.35. The van der Waals surface area contributed by atoms with Crippen LogP contribution >= 0.6 is 0 Å². The molecular weight excluding hydrogens is 175 g/mol. The molecule has 0 aromatic rings. The van der Waals surface area contributed by atoms with Gasteiger partial charge in [-0.25, -0.2) is 0 Å². The van der Waals surface area contributed by atoms with Gasteiger partial charge in [0.05, 0.1) is 0 Å². The summed E-state index contributed by atoms with van der Waals surface area (Å²) in [6, 6.07) is 0. The van der Waals surface area contributed by atoms with Gasteiger partial charge in [0.15, 0.2) is 0 Å². The number of hydrogen-bond donors (Lipinski definition) is 0. The molecule has 0 atom stereocenters. The first-order valence-electron chi connectivity index (χ1n) is 4.81. The number of rotatable bonds is 6. The van der Waals surface area contributed by atoms with E-state index in [4.69, 9.17) is 0 Å². The van der Waals surface area contributed by atoms with E-state index < -0.39 is 9.45 Å². The molecule has 0 spiro atoms. The molecule has 0 bridgehead atoms. The van der Waals surface area contributed by atoms with E-state index in [1.54, 1.807) is 0 Å². The van der Waals surface area contributed by atoms with Gasteiger partial charge in [-0.2, -0.15) is 3.89 Å². The maximum atomic E-state index is 14.0. The van der Waals surface area contributed by atoms with Gasteiger partial charge in [-0.3, -0.25) is 4.21 Å². The van der Waals surface area contributed by atoms with Gasteiger partial charge in [-0.15, -0.1) is 0 Å². The average molecular weight is 196 g/mol. The minimum Gasteiger partial charge on any atom is -0.253 e. The molecule has 0 aliphatic heterocycles. The largest absolute Gasteiger partial charge is 0.253 e. The van der Waals surface area contributed by atoms with E-state index in [0.29, 0.717) is 19.3 Å². The molecule has 0 aliphatic carbocycles. The monoisotopic (exact) mass is 196 g/mol. The molecular formula is C9H21FOS. The van der Waals surface area contributed by atoms with Gasteiger partial charge in [0.1, 0.15) is 0 Å². The van der Waals surface area contributed by atoms with Crippen LogP contribution in [0.5, 0.6) is 0 Å². The lowest BCUT2D eigenvalue weighted by molar-refractivity contribution is 0.596. The molecule has 0 aliphatic rings. The highest BCUT2D eigenvalue weighted by molar-refractivity contribution is 8.15. The standard InChI is InChI=1S/C9H21FOS/c1-4-7-12(10,11,8-5-2)9-6-3/h4-9H2,1-3H3. The highest BCUT2D eigenvalue weighted by Crippen LogP contribution is 2.30. The summed E-state index contributed by atoms with van der Waals surface area (Å²) >= 11 is 0. The van der Waals surface area contributed by atoms with Crippen molar-refractivity contribution in [3.63, 3.8) is 0 Å². The van der Waals surface area contributed by atoms with Crippen LogP contribution in [-0.2, 0) is 9.45 Å². The molecule has 0 fully saturated rings. The first-order chi connectivity index (χ1) is 5.46. The Morgan fingerprint density at radius 1 is 0.917 bits per heavy atom. The molecule has 0 aromatic heterocycles. The minimum absolute atomic E-state index is 0.263. The molecule has 0 saturated heterocycles. The normalized spacial score (nSPS) is 15.5. The molecule has 0 N–H and O–H groups in total. The summed E-state index contributed by atoms with van der Waals surface area (Å²) in [7, 11) is -3.72. The van der Waals surface area contributed by atoms with Crippen molar-refractivity contribution in [2.75, 3.05) is 17.3 Å². The summed E-state index contributed by atoms with van der Waals surface area (Å²) in [5.41, 5.74) is 0. The first kappa shape index (κ1) is 12.1. The quantitative estimate of drug-likeness (QED) is 0.597. The van der Waals surface area contributed by atoms with Crippen LogP contribution in [0, 0.1) is 0 Å². The van der Waals surface area contributed by atoms with Crippen LogP contribution in [0.1, 0.15) is 40.0 Å². The molecule has 0 aromatic carbocycles. The Labute approximate surface area is 75.4 Å². The predicted molar refractivity (Wildman–Crippen MR) is 54.7 cm³/mol. The van der Waals surface area contributed by atoms with E-state index in [-0.39, 0.29) is 17.3 Å². The van der Waals surface area contributed by atoms with Gasteiger partial charge in [-0.05, 0) is 19.3 Å². The van der Waals surface area contributed by atoms with Crippen molar-refractivity contribution < 1.29 is 8.09 Å². The van der Waals surface area contributed by atoms with Gasteiger partial charge < -0.3 is 0 Å². The summed E-state index contributed by atoms with van der Waals surface area (Å²) < 4.78 is 26.0. The van der Waals surface area contributed by atoms with Crippen molar-refractivity contribution in [2.24, 2.45) is 0 Å². The maximum Gasteiger partial charge on any atom is 0.0321 e. The smallest absolute Gasteiger partial charge is 0.0321 e.